The van der Waals surface area contributed by atoms with Gasteiger partial charge in [-0.05, 0) is 127 Å². The van der Waals surface area contributed by atoms with Crippen LogP contribution in [0.25, 0.3) is 16.3 Å². The summed E-state index contributed by atoms with van der Waals surface area (Å²) >= 11 is 1.42. The number of para-hydroxylation sites is 1. The number of carboxylic acids is 2. The van der Waals surface area contributed by atoms with E-state index in [4.69, 9.17) is 34.5 Å². The van der Waals surface area contributed by atoms with Crippen molar-refractivity contribution in [2.24, 2.45) is 22.0 Å². The zero-order chi connectivity index (χ0) is 62.6. The van der Waals surface area contributed by atoms with Crippen LogP contribution in [0.5, 0.6) is 5.75 Å². The van der Waals surface area contributed by atoms with E-state index in [1.54, 1.807) is 41.5 Å². The summed E-state index contributed by atoms with van der Waals surface area (Å²) in [5.74, 6) is -2.64. The molecule has 4 aliphatic carbocycles. The van der Waals surface area contributed by atoms with Crippen molar-refractivity contribution in [1.29, 1.82) is 0 Å². The van der Waals surface area contributed by atoms with Gasteiger partial charge in [-0.1, -0.05) is 73.7 Å². The third-order valence-electron chi connectivity index (χ3n) is 18.5. The zero-order valence-electron chi connectivity index (χ0n) is 49.8. The number of carboxylic acid groups (broad SMARTS) is 2. The Hall–Kier alpha value is -7.75. The molecule has 4 saturated carbocycles. The molecule has 2 aromatic heterocycles. The van der Waals surface area contributed by atoms with E-state index in [2.05, 4.69) is 39.0 Å². The second-order valence-electron chi connectivity index (χ2n) is 25.7. The van der Waals surface area contributed by atoms with Gasteiger partial charge in [0.05, 0.1) is 64.9 Å². The number of anilines is 3. The number of nitrogens with zero attached hydrogens (tertiary/aromatic N) is 6. The Morgan fingerprint density at radius 1 is 0.921 bits per heavy atom. The molecule has 89 heavy (non-hydrogen) atoms. The van der Waals surface area contributed by atoms with Crippen molar-refractivity contribution in [3.8, 4) is 5.75 Å². The van der Waals surface area contributed by atoms with Crippen LogP contribution in [0.4, 0.5) is 21.3 Å². The molecule has 25 heteroatoms. The Balaban J connectivity index is 0.707. The fourth-order valence-corrected chi connectivity index (χ4v) is 16.6. The summed E-state index contributed by atoms with van der Waals surface area (Å²) in [4.78, 5) is 75.9. The number of nitrogens with two attached hydrogens (primary N) is 1. The van der Waals surface area contributed by atoms with E-state index in [1.165, 1.54) is 23.5 Å². The highest BCUT2D eigenvalue weighted by molar-refractivity contribution is 7.22. The molecule has 3 amide bonds. The van der Waals surface area contributed by atoms with Gasteiger partial charge in [0, 0.05) is 44.7 Å². The lowest BCUT2D eigenvalue weighted by atomic mass is 9.39. The van der Waals surface area contributed by atoms with Crippen LogP contribution in [0, 0.1) is 23.2 Å². The number of aromatic nitrogens is 3. The highest BCUT2D eigenvalue weighted by Gasteiger charge is 2.66. The molecule has 6 fully saturated rings. The van der Waals surface area contributed by atoms with Gasteiger partial charge >= 0.3 is 18.0 Å². The first-order chi connectivity index (χ1) is 42.6. The normalized spacial score (nSPS) is 28.7. The molecule has 4 bridgehead atoms. The molecule has 13 rings (SSSR count). The van der Waals surface area contributed by atoms with E-state index in [0.29, 0.717) is 67.0 Å². The number of hydrogen-bond acceptors (Lipinski definition) is 19. The van der Waals surface area contributed by atoms with Crippen molar-refractivity contribution >= 4 is 74.0 Å². The third-order valence-corrected chi connectivity index (χ3v) is 19.5. The Morgan fingerprint density at radius 3 is 2.44 bits per heavy atom. The number of nitrogens with one attached hydrogen (secondary N) is 2. The SMILES string of the molecule is Cc1c(N2C(N3CCc4cccc(C(=O)Nc5nc6ccccc6s5)c4C3)=CC=CC2C(=O)O)cnn1CC12CC3(C)CC(C)(C1)CC(OCCN(C(=O)OC/C=C/c1ccc(O[C@@H]4O[C@H](C(=O)O)[C@@H](O)[C@H](O)[C@H]4O)c(NC(=O)CCN)c1)C1COC1)(C3)C2. The van der Waals surface area contributed by atoms with Crippen LogP contribution >= 0.6 is 11.3 Å². The van der Waals surface area contributed by atoms with E-state index in [9.17, 15) is 49.5 Å². The van der Waals surface area contributed by atoms with Crippen LogP contribution in [0.1, 0.15) is 91.5 Å². The lowest BCUT2D eigenvalue weighted by molar-refractivity contribution is -0.271. The fourth-order valence-electron chi connectivity index (χ4n) is 15.7. The zero-order valence-corrected chi connectivity index (χ0v) is 50.6. The average molecular weight is 1240 g/mol. The molecule has 8 atom stereocenters. The van der Waals surface area contributed by atoms with Gasteiger partial charge in [0.15, 0.2) is 17.3 Å². The fraction of sp³-hybridized carbons (Fsp3) is 0.484. The quantitative estimate of drug-likeness (QED) is 0.0416. The molecule has 0 spiro atoms. The predicted octanol–water partition coefficient (Wildman–Crippen LogP) is 6.03. The minimum Gasteiger partial charge on any atom is -0.479 e. The summed E-state index contributed by atoms with van der Waals surface area (Å²) in [5.41, 5.74) is 10.4. The van der Waals surface area contributed by atoms with E-state index in [-0.39, 0.29) is 72.4 Å². The van der Waals surface area contributed by atoms with E-state index in [1.807, 2.05) is 60.4 Å². The molecule has 2 saturated heterocycles. The smallest absolute Gasteiger partial charge is 0.410 e. The monoisotopic (exact) mass is 1240 g/mol. The molecule has 6 heterocycles. The van der Waals surface area contributed by atoms with Crippen LogP contribution in [0.15, 0.2) is 97.0 Å². The van der Waals surface area contributed by atoms with E-state index in [0.717, 1.165) is 65.6 Å². The minimum absolute atomic E-state index is 0.0209. The molecular weight excluding hydrogens is 1170 g/mol. The standard InChI is InChI=1S/C64H75N9O15S/c1-37-46(73-45(56(79)80)13-7-15-50(73)70-21-19-39-10-6-11-41(42(39)27-70)55(78)69-59-68-43-12-4-5-14-48(43)89-59)26-66-72(37)36-63-31-61(2)30-62(3,32-63)34-64(33-61,35-63)86-24-22-71(40-28-84-29-40)60(83)85-23-8-9-38-16-17-47(44(25-38)67-49(74)18-20-65)87-58-53(77)51(75)52(76)54(88-58)57(81)82/h4-17,25-26,40,45,51-54,58,75-77H,18-24,27-36,65H2,1-3H3,(H,67,74)(H,79,80)(H,81,82)(H,68,69,78)/b9-8+/t45?,51-,52-,53+,54-,58+,61?,62?,63?,64?/m0/s1. The maximum atomic E-state index is 14.0. The first-order valence-electron chi connectivity index (χ1n) is 30.1. The summed E-state index contributed by atoms with van der Waals surface area (Å²) in [7, 11) is 0. The molecule has 4 aliphatic heterocycles. The number of aliphatic hydroxyl groups is 3. The number of allylic oxidation sites excluding steroid dienone is 2. The second-order valence-corrected chi connectivity index (χ2v) is 26.7. The number of amides is 3. The number of aliphatic carboxylic acids is 2. The number of rotatable bonds is 21. The van der Waals surface area contributed by atoms with Gasteiger partial charge in [0.2, 0.25) is 12.2 Å². The highest BCUT2D eigenvalue weighted by atomic mass is 32.1. The van der Waals surface area contributed by atoms with Crippen molar-refractivity contribution in [3.05, 3.63) is 125 Å². The number of thiazole rings is 1. The summed E-state index contributed by atoms with van der Waals surface area (Å²) in [6.45, 7) is 9.52. The van der Waals surface area contributed by atoms with E-state index < -0.39 is 66.3 Å². The lowest BCUT2D eigenvalue weighted by Crippen LogP contribution is -2.64. The van der Waals surface area contributed by atoms with E-state index >= 15 is 0 Å². The van der Waals surface area contributed by atoms with Gasteiger partial charge in [-0.2, -0.15) is 5.10 Å². The second kappa shape index (κ2) is 24.6. The first-order valence-corrected chi connectivity index (χ1v) is 31.0. The lowest BCUT2D eigenvalue weighted by Gasteiger charge is -2.69. The number of fused-ring (bicyclic) bond motifs is 2. The van der Waals surface area contributed by atoms with Gasteiger partial charge in [0.25, 0.3) is 5.91 Å². The van der Waals surface area contributed by atoms with Gasteiger partial charge in [-0.25, -0.2) is 19.4 Å². The molecule has 3 aromatic carbocycles. The molecule has 24 nitrogen and oxygen atoms in total. The van der Waals surface area contributed by atoms with Crippen molar-refractivity contribution in [3.63, 3.8) is 0 Å². The van der Waals surface area contributed by atoms with Crippen LogP contribution in [-0.4, -0.2) is 174 Å². The number of ether oxygens (including phenoxy) is 5. The van der Waals surface area contributed by atoms with Crippen LogP contribution in [-0.2, 0) is 52.8 Å². The third kappa shape index (κ3) is 12.5. The van der Waals surface area contributed by atoms with Crippen molar-refractivity contribution in [2.45, 2.75) is 134 Å². The first kappa shape index (κ1) is 61.5. The number of carbonyl (C=O) groups is 5. The molecule has 472 valence electrons. The Morgan fingerprint density at radius 2 is 1.71 bits per heavy atom. The van der Waals surface area contributed by atoms with Crippen LogP contribution < -0.4 is 26.0 Å². The molecule has 5 aromatic rings. The molecule has 9 N–H and O–H groups in total. The minimum atomic E-state index is -1.92. The predicted molar refractivity (Wildman–Crippen MR) is 327 cm³/mol. The maximum Gasteiger partial charge on any atom is 0.410 e. The molecule has 0 radical (unpaired) electrons. The number of aliphatic hydroxyl groups excluding tert-OH is 3. The molecular formula is C64H75N9O15S. The van der Waals surface area contributed by atoms with Gasteiger partial charge in [-0.15, -0.1) is 0 Å². The molecule has 3 unspecified atom stereocenters. The largest absolute Gasteiger partial charge is 0.479 e. The average Bonchev–Trinajstić information content (AvgIpc) is 0.824. The van der Waals surface area contributed by atoms with Crippen molar-refractivity contribution in [1.82, 2.24) is 24.6 Å². The molecule has 8 aliphatic rings. The number of carbonyl (C=O) groups excluding carboxylic acids is 3. The number of benzene rings is 3. The van der Waals surface area contributed by atoms with Crippen LogP contribution in [0.3, 0.4) is 0 Å². The van der Waals surface area contributed by atoms with Crippen LogP contribution in [0.2, 0.25) is 0 Å². The summed E-state index contributed by atoms with van der Waals surface area (Å²) in [6.07, 6.45) is 6.84. The summed E-state index contributed by atoms with van der Waals surface area (Å²) < 4.78 is 32.6. The van der Waals surface area contributed by atoms with Gasteiger partial charge < -0.3 is 70.1 Å². The Bertz CT molecular complexity index is 3600. The van der Waals surface area contributed by atoms with Gasteiger partial charge in [0.1, 0.15) is 36.5 Å². The summed E-state index contributed by atoms with van der Waals surface area (Å²) in [5, 5.41) is 62.7. The van der Waals surface area contributed by atoms with Crippen molar-refractivity contribution in [2.75, 3.05) is 61.6 Å². The Labute approximate surface area is 517 Å². The van der Waals surface area contributed by atoms with Gasteiger partial charge in [-0.3, -0.25) is 24.5 Å². The highest BCUT2D eigenvalue weighted by Crippen LogP contribution is 2.72. The summed E-state index contributed by atoms with van der Waals surface area (Å²) in [6, 6.07) is 16.9. The Kier molecular flexibility index (Phi) is 17.0. The van der Waals surface area contributed by atoms with Crippen molar-refractivity contribution < 1.29 is 73.2 Å². The number of hydrogen-bond donors (Lipinski definition) is 8. The topological polar surface area (TPSA) is 323 Å². The maximum absolute atomic E-state index is 14.0.